The molecule has 0 aliphatic heterocycles. The van der Waals surface area contributed by atoms with Gasteiger partial charge in [-0.15, -0.1) is 0 Å². The first-order valence-corrected chi connectivity index (χ1v) is 6.90. The van der Waals surface area contributed by atoms with Gasteiger partial charge in [0.2, 0.25) is 5.88 Å². The van der Waals surface area contributed by atoms with Gasteiger partial charge < -0.3 is 10.1 Å². The van der Waals surface area contributed by atoms with Crippen LogP contribution in [0, 0.1) is 13.8 Å². The molecular weight excluding hydrogens is 306 g/mol. The predicted octanol–water partition coefficient (Wildman–Crippen LogP) is 4.08. The first-order valence-electron chi connectivity index (χ1n) is 6.11. The van der Waals surface area contributed by atoms with Gasteiger partial charge in [-0.2, -0.15) is 0 Å². The van der Waals surface area contributed by atoms with Gasteiger partial charge in [-0.1, -0.05) is 6.07 Å². The molecule has 4 nitrogen and oxygen atoms in total. The van der Waals surface area contributed by atoms with Crippen LogP contribution in [0.25, 0.3) is 0 Å². The van der Waals surface area contributed by atoms with Gasteiger partial charge >= 0.3 is 0 Å². The topological polar surface area (TPSA) is 47.0 Å². The number of hydrogen-bond donors (Lipinski definition) is 1. The van der Waals surface area contributed by atoms with Crippen molar-refractivity contribution in [3.8, 4) is 11.6 Å². The van der Waals surface area contributed by atoms with Crippen LogP contribution >= 0.6 is 15.9 Å². The molecule has 0 saturated carbocycles. The van der Waals surface area contributed by atoms with Crippen molar-refractivity contribution < 1.29 is 4.74 Å². The summed E-state index contributed by atoms with van der Waals surface area (Å²) in [7, 11) is 0. The van der Waals surface area contributed by atoms with Gasteiger partial charge in [0.05, 0.1) is 0 Å². The summed E-state index contributed by atoms with van der Waals surface area (Å²) < 4.78 is 6.53. The van der Waals surface area contributed by atoms with E-state index < -0.39 is 0 Å². The molecule has 1 aromatic heterocycles. The van der Waals surface area contributed by atoms with Gasteiger partial charge in [-0.3, -0.25) is 0 Å². The Morgan fingerprint density at radius 2 is 2.00 bits per heavy atom. The van der Waals surface area contributed by atoms with Crippen LogP contribution in [0.5, 0.6) is 11.6 Å². The number of rotatable bonds is 4. The number of aryl methyl sites for hydroxylation is 2. The number of benzene rings is 1. The third-order valence-corrected chi connectivity index (χ3v) is 3.51. The minimum absolute atomic E-state index is 0.509. The zero-order valence-corrected chi connectivity index (χ0v) is 12.8. The van der Waals surface area contributed by atoms with Crippen molar-refractivity contribution in [2.75, 3.05) is 11.9 Å². The first-order chi connectivity index (χ1) is 9.11. The fourth-order valence-electron chi connectivity index (χ4n) is 1.60. The van der Waals surface area contributed by atoms with E-state index in [2.05, 4.69) is 45.1 Å². The standard InChI is InChI=1S/C14H16BrN3O/c1-4-16-13-12(15)14(18-8-17-13)19-11-6-5-9(2)10(3)7-11/h5-8H,4H2,1-3H3,(H,16,17,18). The van der Waals surface area contributed by atoms with E-state index in [1.807, 2.05) is 25.1 Å². The summed E-state index contributed by atoms with van der Waals surface area (Å²) in [6.45, 7) is 6.93. The summed E-state index contributed by atoms with van der Waals surface area (Å²) in [5.41, 5.74) is 2.43. The summed E-state index contributed by atoms with van der Waals surface area (Å²) in [4.78, 5) is 8.30. The fraction of sp³-hybridized carbons (Fsp3) is 0.286. The highest BCUT2D eigenvalue weighted by molar-refractivity contribution is 9.10. The zero-order chi connectivity index (χ0) is 13.8. The minimum Gasteiger partial charge on any atom is -0.438 e. The van der Waals surface area contributed by atoms with Gasteiger partial charge in [0.1, 0.15) is 22.4 Å². The third-order valence-electron chi connectivity index (χ3n) is 2.79. The minimum atomic E-state index is 0.509. The number of nitrogens with zero attached hydrogens (tertiary/aromatic N) is 2. The summed E-state index contributed by atoms with van der Waals surface area (Å²) in [6.07, 6.45) is 1.49. The van der Waals surface area contributed by atoms with E-state index >= 15 is 0 Å². The lowest BCUT2D eigenvalue weighted by Crippen LogP contribution is -2.02. The average molecular weight is 322 g/mol. The zero-order valence-electron chi connectivity index (χ0n) is 11.2. The van der Waals surface area contributed by atoms with E-state index in [0.717, 1.165) is 22.6 Å². The molecule has 0 bridgehead atoms. The molecule has 0 amide bonds. The molecule has 100 valence electrons. The second kappa shape index (κ2) is 6.02. The summed E-state index contributed by atoms with van der Waals surface area (Å²) in [5, 5.41) is 3.14. The molecule has 0 atom stereocenters. The van der Waals surface area contributed by atoms with Crippen LogP contribution in [0.4, 0.5) is 5.82 Å². The van der Waals surface area contributed by atoms with Crippen LogP contribution in [0.3, 0.4) is 0 Å². The van der Waals surface area contributed by atoms with Crippen LogP contribution in [-0.2, 0) is 0 Å². The summed E-state index contributed by atoms with van der Waals surface area (Å²) in [6, 6.07) is 5.96. The van der Waals surface area contributed by atoms with Gasteiger partial charge in [0.25, 0.3) is 0 Å². The molecule has 0 aliphatic rings. The summed E-state index contributed by atoms with van der Waals surface area (Å²) >= 11 is 3.46. The van der Waals surface area contributed by atoms with Gasteiger partial charge in [-0.25, -0.2) is 9.97 Å². The van der Waals surface area contributed by atoms with Gasteiger partial charge in [-0.05, 0) is 60.0 Å². The molecule has 0 aliphatic carbocycles. The smallest absolute Gasteiger partial charge is 0.238 e. The lowest BCUT2D eigenvalue weighted by molar-refractivity contribution is 0.458. The Bertz CT molecular complexity index is 587. The highest BCUT2D eigenvalue weighted by atomic mass is 79.9. The lowest BCUT2D eigenvalue weighted by atomic mass is 10.1. The van der Waals surface area contributed by atoms with E-state index in [4.69, 9.17) is 4.74 Å². The van der Waals surface area contributed by atoms with Gasteiger partial charge in [0, 0.05) is 6.54 Å². The van der Waals surface area contributed by atoms with Crippen LogP contribution < -0.4 is 10.1 Å². The van der Waals surface area contributed by atoms with Crippen LogP contribution in [0.1, 0.15) is 18.1 Å². The molecule has 0 radical (unpaired) electrons. The molecule has 0 saturated heterocycles. The normalized spacial score (nSPS) is 10.3. The second-order valence-electron chi connectivity index (χ2n) is 4.22. The number of ether oxygens (including phenoxy) is 1. The molecule has 0 unspecified atom stereocenters. The Labute approximate surface area is 121 Å². The van der Waals surface area contributed by atoms with E-state index in [1.165, 1.54) is 17.5 Å². The number of nitrogens with one attached hydrogen (secondary N) is 1. The number of anilines is 1. The molecule has 1 N–H and O–H groups in total. The molecular formula is C14H16BrN3O. The predicted molar refractivity (Wildman–Crippen MR) is 79.9 cm³/mol. The van der Waals surface area contributed by atoms with E-state index in [-0.39, 0.29) is 0 Å². The van der Waals surface area contributed by atoms with Crippen LogP contribution in [0.15, 0.2) is 29.0 Å². The highest BCUT2D eigenvalue weighted by Gasteiger charge is 2.10. The Morgan fingerprint density at radius 1 is 1.21 bits per heavy atom. The molecule has 0 fully saturated rings. The molecule has 2 aromatic rings. The SMILES string of the molecule is CCNc1ncnc(Oc2ccc(C)c(C)c2)c1Br. The van der Waals surface area contributed by atoms with Crippen molar-refractivity contribution >= 4 is 21.7 Å². The van der Waals surface area contributed by atoms with E-state index in [1.54, 1.807) is 0 Å². The monoisotopic (exact) mass is 321 g/mol. The second-order valence-corrected chi connectivity index (χ2v) is 5.01. The van der Waals surface area contributed by atoms with E-state index in [9.17, 15) is 0 Å². The quantitative estimate of drug-likeness (QED) is 0.921. The van der Waals surface area contributed by atoms with E-state index in [0.29, 0.717) is 5.88 Å². The largest absolute Gasteiger partial charge is 0.438 e. The molecule has 2 rings (SSSR count). The fourth-order valence-corrected chi connectivity index (χ4v) is 2.03. The van der Waals surface area contributed by atoms with Crippen molar-refractivity contribution in [1.82, 2.24) is 9.97 Å². The summed E-state index contributed by atoms with van der Waals surface area (Å²) in [5.74, 6) is 2.01. The molecule has 5 heteroatoms. The molecule has 19 heavy (non-hydrogen) atoms. The van der Waals surface area contributed by atoms with Crippen molar-refractivity contribution in [2.45, 2.75) is 20.8 Å². The first kappa shape index (κ1) is 13.8. The third kappa shape index (κ3) is 3.23. The van der Waals surface area contributed by atoms with Crippen LogP contribution in [0.2, 0.25) is 0 Å². The number of aromatic nitrogens is 2. The average Bonchev–Trinajstić information content (AvgIpc) is 2.39. The van der Waals surface area contributed by atoms with Crippen molar-refractivity contribution in [3.05, 3.63) is 40.1 Å². The van der Waals surface area contributed by atoms with Crippen molar-refractivity contribution in [3.63, 3.8) is 0 Å². The maximum Gasteiger partial charge on any atom is 0.238 e. The Kier molecular flexibility index (Phi) is 4.37. The van der Waals surface area contributed by atoms with Crippen LogP contribution in [-0.4, -0.2) is 16.5 Å². The maximum absolute atomic E-state index is 5.79. The van der Waals surface area contributed by atoms with Gasteiger partial charge in [0.15, 0.2) is 0 Å². The van der Waals surface area contributed by atoms with Crippen molar-refractivity contribution in [2.24, 2.45) is 0 Å². The highest BCUT2D eigenvalue weighted by Crippen LogP contribution is 2.32. The Hall–Kier alpha value is -1.62. The maximum atomic E-state index is 5.79. The molecule has 1 aromatic carbocycles. The van der Waals surface area contributed by atoms with Crippen molar-refractivity contribution in [1.29, 1.82) is 0 Å². The number of hydrogen-bond acceptors (Lipinski definition) is 4. The number of halogens is 1. The lowest BCUT2D eigenvalue weighted by Gasteiger charge is -2.10. The molecule has 0 spiro atoms. The molecule has 1 heterocycles. The Balaban J connectivity index is 2.27. The Morgan fingerprint density at radius 3 is 2.68 bits per heavy atom.